The Bertz CT molecular complexity index is 1150. The second-order valence-corrected chi connectivity index (χ2v) is 9.74. The third-order valence-corrected chi connectivity index (χ3v) is 7.51. The summed E-state index contributed by atoms with van der Waals surface area (Å²) in [5.74, 6) is 6.60. The van der Waals surface area contributed by atoms with Crippen molar-refractivity contribution in [3.63, 3.8) is 0 Å². The highest BCUT2D eigenvalue weighted by molar-refractivity contribution is 5.93. The zero-order valence-corrected chi connectivity index (χ0v) is 19.6. The summed E-state index contributed by atoms with van der Waals surface area (Å²) in [4.78, 5) is 28.8. The van der Waals surface area contributed by atoms with Crippen LogP contribution in [0.5, 0.6) is 0 Å². The van der Waals surface area contributed by atoms with Crippen LogP contribution in [0.4, 0.5) is 14.9 Å². The minimum Gasteiger partial charge on any atom is -0.394 e. The van der Waals surface area contributed by atoms with E-state index >= 15 is 0 Å². The molecule has 2 aliphatic heterocycles. The van der Waals surface area contributed by atoms with Crippen LogP contribution in [0.3, 0.4) is 0 Å². The predicted molar refractivity (Wildman–Crippen MR) is 131 cm³/mol. The van der Waals surface area contributed by atoms with E-state index in [1.807, 2.05) is 24.3 Å². The Morgan fingerprint density at radius 3 is 2.63 bits per heavy atom. The second kappa shape index (κ2) is 10.1. The topological polar surface area (TPSA) is 72.9 Å². The van der Waals surface area contributed by atoms with Gasteiger partial charge in [0.1, 0.15) is 12.4 Å². The minimum atomic E-state index is -0.444. The van der Waals surface area contributed by atoms with Gasteiger partial charge in [0.05, 0.1) is 18.7 Å². The van der Waals surface area contributed by atoms with Crippen LogP contribution in [0.25, 0.3) is 0 Å². The Balaban J connectivity index is 1.26. The van der Waals surface area contributed by atoms with Crippen molar-refractivity contribution in [1.29, 1.82) is 0 Å². The number of halogens is 1. The monoisotopic (exact) mass is 475 g/mol. The van der Waals surface area contributed by atoms with E-state index in [1.54, 1.807) is 11.0 Å². The molecule has 2 N–H and O–H groups in total. The zero-order valence-electron chi connectivity index (χ0n) is 19.6. The highest BCUT2D eigenvalue weighted by Gasteiger charge is 2.54. The molecule has 0 unspecified atom stereocenters. The van der Waals surface area contributed by atoms with E-state index in [2.05, 4.69) is 17.2 Å². The molecule has 3 amide bonds. The fraction of sp³-hybridized carbons (Fsp3) is 0.429. The van der Waals surface area contributed by atoms with Crippen LogP contribution < -0.4 is 5.32 Å². The van der Waals surface area contributed by atoms with Crippen molar-refractivity contribution in [3.8, 4) is 11.8 Å². The van der Waals surface area contributed by atoms with Crippen molar-refractivity contribution in [2.45, 2.75) is 50.1 Å². The van der Waals surface area contributed by atoms with Crippen LogP contribution >= 0.6 is 0 Å². The van der Waals surface area contributed by atoms with Crippen molar-refractivity contribution in [1.82, 2.24) is 9.80 Å². The minimum absolute atomic E-state index is 0.0730. The van der Waals surface area contributed by atoms with Crippen molar-refractivity contribution in [3.05, 3.63) is 65.5 Å². The van der Waals surface area contributed by atoms with Gasteiger partial charge in [0.25, 0.3) is 0 Å². The molecule has 182 valence electrons. The maximum absolute atomic E-state index is 13.5. The van der Waals surface area contributed by atoms with Gasteiger partial charge in [0.15, 0.2) is 0 Å². The lowest BCUT2D eigenvalue weighted by Gasteiger charge is -2.58. The summed E-state index contributed by atoms with van der Waals surface area (Å²) < 4.78 is 13.5. The molecule has 2 saturated heterocycles. The van der Waals surface area contributed by atoms with Gasteiger partial charge in [-0.2, -0.15) is 0 Å². The second-order valence-electron chi connectivity index (χ2n) is 9.74. The number of nitrogens with one attached hydrogen (secondary N) is 1. The number of piperazine rings is 1. The Labute approximate surface area is 205 Å². The van der Waals surface area contributed by atoms with Crippen LogP contribution in [0.1, 0.15) is 49.1 Å². The number of carbonyl (C=O) groups is 2. The summed E-state index contributed by atoms with van der Waals surface area (Å²) in [6, 6.07) is 12.7. The Morgan fingerprint density at radius 1 is 1.14 bits per heavy atom. The lowest BCUT2D eigenvalue weighted by atomic mass is 9.73. The molecule has 1 saturated carbocycles. The van der Waals surface area contributed by atoms with Gasteiger partial charge in [0, 0.05) is 30.1 Å². The summed E-state index contributed by atoms with van der Waals surface area (Å²) in [5.41, 5.74) is 2.32. The van der Waals surface area contributed by atoms with Gasteiger partial charge in [-0.25, -0.2) is 9.18 Å². The molecule has 0 radical (unpaired) electrons. The third kappa shape index (κ3) is 4.89. The molecular weight excluding hydrogens is 445 g/mol. The lowest BCUT2D eigenvalue weighted by molar-refractivity contribution is -0.159. The maximum atomic E-state index is 13.5. The highest BCUT2D eigenvalue weighted by Crippen LogP contribution is 2.43. The van der Waals surface area contributed by atoms with Gasteiger partial charge in [-0.05, 0) is 54.7 Å². The Morgan fingerprint density at radius 2 is 1.91 bits per heavy atom. The van der Waals surface area contributed by atoms with Crippen LogP contribution in [-0.2, 0) is 4.79 Å². The average Bonchev–Trinajstić information content (AvgIpc) is 3.35. The van der Waals surface area contributed by atoms with E-state index in [4.69, 9.17) is 0 Å². The number of aliphatic hydroxyl groups excluding tert-OH is 1. The number of nitrogens with zero attached hydrogens (tertiary/aromatic N) is 2. The van der Waals surface area contributed by atoms with Crippen molar-refractivity contribution < 1.29 is 19.1 Å². The first-order valence-electron chi connectivity index (χ1n) is 12.4. The fourth-order valence-electron chi connectivity index (χ4n) is 5.72. The number of aliphatic hydroxyl groups is 1. The number of fused-ring (bicyclic) bond motifs is 1. The molecule has 1 aliphatic carbocycles. The van der Waals surface area contributed by atoms with E-state index in [9.17, 15) is 19.1 Å². The average molecular weight is 476 g/mol. The standard InChI is InChI=1S/C28H30FN3O3/c29-22-9-4-10-23(15-22)30-28(35)31-16-24-27(25(18-33)32(24)26(34)17-31)21-13-11-20(12-14-21)8-3-7-19-5-1-2-6-19/h4,9-15,19,24-25,27,33H,1-2,5-7,16-18H2,(H,30,35)/t24-,25-,27-/m1/s1. The first-order valence-corrected chi connectivity index (χ1v) is 12.4. The molecule has 7 heteroatoms. The summed E-state index contributed by atoms with van der Waals surface area (Å²) in [5, 5.41) is 12.7. The first kappa shape index (κ1) is 23.4. The number of hydrogen-bond acceptors (Lipinski definition) is 3. The van der Waals surface area contributed by atoms with E-state index in [0.717, 1.165) is 23.5 Å². The molecule has 2 heterocycles. The predicted octanol–water partition coefficient (Wildman–Crippen LogP) is 3.96. The largest absolute Gasteiger partial charge is 0.394 e. The SMILES string of the molecule is O=C(Nc1cccc(F)c1)N1CC(=O)N2[C@H](CO)[C@H](c3ccc(C#CCC4CCCC4)cc3)[C@H]2C1. The molecule has 35 heavy (non-hydrogen) atoms. The van der Waals surface area contributed by atoms with Crippen LogP contribution in [0, 0.1) is 23.6 Å². The molecule has 3 fully saturated rings. The van der Waals surface area contributed by atoms with Gasteiger partial charge in [-0.15, -0.1) is 0 Å². The molecule has 2 aromatic rings. The molecule has 5 rings (SSSR count). The lowest BCUT2D eigenvalue weighted by Crippen LogP contribution is -2.73. The maximum Gasteiger partial charge on any atom is 0.322 e. The van der Waals surface area contributed by atoms with Crippen molar-refractivity contribution in [2.75, 3.05) is 25.0 Å². The molecule has 0 aromatic heterocycles. The summed E-state index contributed by atoms with van der Waals surface area (Å²) in [6.07, 6.45) is 6.15. The smallest absolute Gasteiger partial charge is 0.322 e. The van der Waals surface area contributed by atoms with Crippen molar-refractivity contribution in [2.24, 2.45) is 5.92 Å². The van der Waals surface area contributed by atoms with Crippen LogP contribution in [0.15, 0.2) is 48.5 Å². The molecule has 6 nitrogen and oxygen atoms in total. The number of benzene rings is 2. The number of rotatable bonds is 4. The van der Waals surface area contributed by atoms with E-state index in [-0.39, 0.29) is 37.1 Å². The normalized spacial score (nSPS) is 23.8. The summed E-state index contributed by atoms with van der Waals surface area (Å²) in [7, 11) is 0. The Kier molecular flexibility index (Phi) is 6.74. The molecular formula is C28H30FN3O3. The van der Waals surface area contributed by atoms with Gasteiger partial charge in [-0.3, -0.25) is 4.79 Å². The first-order chi connectivity index (χ1) is 17.0. The number of hydrogen-bond donors (Lipinski definition) is 2. The van der Waals surface area contributed by atoms with Gasteiger partial charge in [0.2, 0.25) is 5.91 Å². The summed E-state index contributed by atoms with van der Waals surface area (Å²) in [6.45, 7) is 0.138. The van der Waals surface area contributed by atoms with E-state index in [1.165, 1.54) is 48.8 Å². The van der Waals surface area contributed by atoms with Crippen LogP contribution in [-0.4, -0.2) is 58.6 Å². The van der Waals surface area contributed by atoms with E-state index < -0.39 is 11.8 Å². The summed E-state index contributed by atoms with van der Waals surface area (Å²) >= 11 is 0. The van der Waals surface area contributed by atoms with Gasteiger partial charge in [-0.1, -0.05) is 42.9 Å². The van der Waals surface area contributed by atoms with Gasteiger partial charge >= 0.3 is 6.03 Å². The Hall–Kier alpha value is -3.37. The van der Waals surface area contributed by atoms with Crippen molar-refractivity contribution >= 4 is 17.6 Å². The van der Waals surface area contributed by atoms with Gasteiger partial charge < -0.3 is 20.2 Å². The zero-order chi connectivity index (χ0) is 24.4. The number of urea groups is 1. The van der Waals surface area contributed by atoms with E-state index in [0.29, 0.717) is 12.2 Å². The molecule has 0 spiro atoms. The number of amides is 3. The molecule has 0 bridgehead atoms. The highest BCUT2D eigenvalue weighted by atomic mass is 19.1. The number of anilines is 1. The quantitative estimate of drug-likeness (QED) is 0.658. The van der Waals surface area contributed by atoms with Crippen LogP contribution in [0.2, 0.25) is 0 Å². The fourth-order valence-corrected chi connectivity index (χ4v) is 5.72. The number of carbonyl (C=O) groups excluding carboxylic acids is 2. The molecule has 2 aromatic carbocycles. The molecule has 3 atom stereocenters. The molecule has 3 aliphatic rings. The third-order valence-electron chi connectivity index (χ3n) is 7.51.